The van der Waals surface area contributed by atoms with Gasteiger partial charge >= 0.3 is 0 Å². The first-order chi connectivity index (χ1) is 21.5. The molecule has 8 heteroatoms. The van der Waals surface area contributed by atoms with Gasteiger partial charge in [-0.15, -0.1) is 6.58 Å². The van der Waals surface area contributed by atoms with Gasteiger partial charge in [0.15, 0.2) is 11.6 Å². The summed E-state index contributed by atoms with van der Waals surface area (Å²) in [6.07, 6.45) is 2.07. The summed E-state index contributed by atoms with van der Waals surface area (Å²) in [5.74, 6) is 0.309. The van der Waals surface area contributed by atoms with Gasteiger partial charge < -0.3 is 14.6 Å². The van der Waals surface area contributed by atoms with E-state index in [0.717, 1.165) is 16.7 Å². The number of rotatable bonds is 14. The van der Waals surface area contributed by atoms with Gasteiger partial charge in [0.1, 0.15) is 11.6 Å². The van der Waals surface area contributed by atoms with Crippen LogP contribution in [0.5, 0.6) is 5.75 Å². The average Bonchev–Trinajstić information content (AvgIpc) is 3.45. The van der Waals surface area contributed by atoms with Gasteiger partial charge in [-0.05, 0) is 59.0 Å². The molecule has 1 aliphatic rings. The van der Waals surface area contributed by atoms with Crippen molar-refractivity contribution in [3.63, 3.8) is 0 Å². The minimum absolute atomic E-state index is 0.0574. The van der Waals surface area contributed by atoms with Crippen LogP contribution in [0.15, 0.2) is 121 Å². The van der Waals surface area contributed by atoms with Gasteiger partial charge in [0.25, 0.3) is 5.91 Å². The van der Waals surface area contributed by atoms with E-state index in [0.29, 0.717) is 48.8 Å². The topological polar surface area (TPSA) is 92.2 Å². The van der Waals surface area contributed by atoms with E-state index >= 15 is 0 Å². The average molecular weight is 594 g/mol. The van der Waals surface area contributed by atoms with Crippen LogP contribution < -0.4 is 15.6 Å². The zero-order valence-corrected chi connectivity index (χ0v) is 24.4. The van der Waals surface area contributed by atoms with Crippen molar-refractivity contribution in [2.24, 2.45) is 4.99 Å². The third-order valence-electron chi connectivity index (χ3n) is 7.49. The molecule has 0 aliphatic carbocycles. The summed E-state index contributed by atoms with van der Waals surface area (Å²) >= 11 is 0. The normalized spacial score (nSPS) is 17.4. The van der Waals surface area contributed by atoms with Gasteiger partial charge in [0.05, 0.1) is 6.61 Å². The first kappa shape index (κ1) is 30.7. The van der Waals surface area contributed by atoms with Crippen LogP contribution >= 0.6 is 0 Å². The van der Waals surface area contributed by atoms with Gasteiger partial charge in [0.2, 0.25) is 5.90 Å². The van der Waals surface area contributed by atoms with Crippen LogP contribution in [-0.2, 0) is 16.0 Å². The molecule has 1 amide bonds. The van der Waals surface area contributed by atoms with Crippen LogP contribution in [0.3, 0.4) is 0 Å². The van der Waals surface area contributed by atoms with E-state index < -0.39 is 11.6 Å². The van der Waals surface area contributed by atoms with Crippen molar-refractivity contribution in [3.05, 3.63) is 138 Å². The molecule has 0 aromatic heterocycles. The number of hydrogen-bond donors (Lipinski definition) is 3. The van der Waals surface area contributed by atoms with Crippen molar-refractivity contribution in [3.8, 4) is 16.9 Å². The maximum absolute atomic E-state index is 14.1. The Morgan fingerprint density at radius 3 is 2.34 bits per heavy atom. The molecule has 0 unspecified atom stereocenters. The molecule has 1 aliphatic heterocycles. The van der Waals surface area contributed by atoms with E-state index in [1.807, 2.05) is 66.7 Å². The molecule has 0 saturated carbocycles. The van der Waals surface area contributed by atoms with E-state index in [9.17, 15) is 9.18 Å². The van der Waals surface area contributed by atoms with E-state index in [2.05, 4.69) is 17.4 Å². The van der Waals surface area contributed by atoms with Gasteiger partial charge in [0, 0.05) is 31.6 Å². The quantitative estimate of drug-likeness (QED) is 0.0955. The molecule has 5 rings (SSSR count). The lowest BCUT2D eigenvalue weighted by Gasteiger charge is -2.29. The molecule has 226 valence electrons. The minimum atomic E-state index is -1.35. The molecule has 0 saturated heterocycles. The van der Waals surface area contributed by atoms with Crippen molar-refractivity contribution in [2.75, 3.05) is 19.8 Å². The van der Waals surface area contributed by atoms with Crippen molar-refractivity contribution in [1.29, 1.82) is 0 Å². The second kappa shape index (κ2) is 14.6. The lowest BCUT2D eigenvalue weighted by Crippen LogP contribution is -2.52. The van der Waals surface area contributed by atoms with E-state index in [1.165, 1.54) is 6.07 Å². The number of nitrogens with zero attached hydrogens (tertiary/aromatic N) is 1. The third kappa shape index (κ3) is 7.05. The van der Waals surface area contributed by atoms with Crippen LogP contribution in [-0.4, -0.2) is 42.2 Å². The second-order valence-corrected chi connectivity index (χ2v) is 10.5. The van der Waals surface area contributed by atoms with Crippen LogP contribution in [0, 0.1) is 5.82 Å². The number of aliphatic imine (C=N–C) groups is 1. The Morgan fingerprint density at radius 2 is 1.64 bits per heavy atom. The van der Waals surface area contributed by atoms with Gasteiger partial charge in [-0.3, -0.25) is 10.2 Å². The number of aliphatic hydroxyl groups is 1. The number of halogens is 1. The Bertz CT molecular complexity index is 1580. The van der Waals surface area contributed by atoms with Crippen LogP contribution in [0.2, 0.25) is 0 Å². The van der Waals surface area contributed by atoms with Crippen LogP contribution in [0.25, 0.3) is 11.1 Å². The first-order valence-electron chi connectivity index (χ1n) is 14.7. The highest BCUT2D eigenvalue weighted by Crippen LogP contribution is 2.43. The molecule has 0 fully saturated rings. The smallest absolute Gasteiger partial charge is 0.266 e. The second-order valence-electron chi connectivity index (χ2n) is 10.5. The Kier molecular flexibility index (Phi) is 10.2. The molecule has 0 radical (unpaired) electrons. The van der Waals surface area contributed by atoms with Crippen molar-refractivity contribution >= 4 is 11.8 Å². The highest BCUT2D eigenvalue weighted by Gasteiger charge is 2.52. The molecule has 0 bridgehead atoms. The Balaban J connectivity index is 1.41. The maximum atomic E-state index is 14.1. The molecule has 1 heterocycles. The highest BCUT2D eigenvalue weighted by molar-refractivity contribution is 6.01. The van der Waals surface area contributed by atoms with Crippen LogP contribution in [0.4, 0.5) is 4.39 Å². The first-order valence-corrected chi connectivity index (χ1v) is 14.7. The number of aliphatic hydroxyl groups excluding tert-OH is 1. The van der Waals surface area contributed by atoms with E-state index in [1.54, 1.807) is 36.4 Å². The van der Waals surface area contributed by atoms with Crippen LogP contribution in [0.1, 0.15) is 35.6 Å². The number of amides is 1. The largest absolute Gasteiger partial charge is 0.494 e. The highest BCUT2D eigenvalue weighted by atomic mass is 19.1. The molecule has 44 heavy (non-hydrogen) atoms. The minimum Gasteiger partial charge on any atom is -0.494 e. The summed E-state index contributed by atoms with van der Waals surface area (Å²) in [5.41, 5.74) is 8.55. The lowest BCUT2D eigenvalue weighted by molar-refractivity contribution is -0.129. The Labute approximate surface area is 257 Å². The maximum Gasteiger partial charge on any atom is 0.266 e. The van der Waals surface area contributed by atoms with Gasteiger partial charge in [-0.1, -0.05) is 78.9 Å². The summed E-state index contributed by atoms with van der Waals surface area (Å²) in [4.78, 5) is 18.9. The summed E-state index contributed by atoms with van der Waals surface area (Å²) < 4.78 is 26.2. The fourth-order valence-corrected chi connectivity index (χ4v) is 5.17. The number of carbonyl (C=O) groups is 1. The number of carbonyl (C=O) groups excluding carboxylic acids is 1. The fraction of sp³-hybridized carbons (Fsp3) is 0.222. The zero-order valence-electron chi connectivity index (χ0n) is 24.4. The molecule has 7 nitrogen and oxygen atoms in total. The summed E-state index contributed by atoms with van der Waals surface area (Å²) in [7, 11) is 0. The van der Waals surface area contributed by atoms with E-state index in [-0.39, 0.29) is 24.8 Å². The van der Waals surface area contributed by atoms with Crippen molar-refractivity contribution in [2.45, 2.75) is 30.9 Å². The third-order valence-corrected chi connectivity index (χ3v) is 7.49. The zero-order chi connectivity index (χ0) is 30.8. The summed E-state index contributed by atoms with van der Waals surface area (Å²) in [6.45, 7) is 4.71. The molecular weight excluding hydrogens is 557 g/mol. The predicted octanol–water partition coefficient (Wildman–Crippen LogP) is 5.95. The molecule has 3 N–H and O–H groups in total. The summed E-state index contributed by atoms with van der Waals surface area (Å²) in [5, 5.41) is 9.02. The fourth-order valence-electron chi connectivity index (χ4n) is 5.17. The van der Waals surface area contributed by atoms with Gasteiger partial charge in [-0.2, -0.15) is 0 Å². The lowest BCUT2D eigenvalue weighted by atomic mass is 9.84. The Morgan fingerprint density at radius 1 is 0.955 bits per heavy atom. The van der Waals surface area contributed by atoms with E-state index in [4.69, 9.17) is 19.6 Å². The monoisotopic (exact) mass is 593 g/mol. The van der Waals surface area contributed by atoms with Gasteiger partial charge in [-0.25, -0.2) is 14.8 Å². The molecule has 4 aromatic carbocycles. The number of ether oxygens (including phenoxy) is 2. The molecule has 2 atom stereocenters. The number of hydrazine groups is 1. The standard InChI is InChI=1S/C36H36FN3O4/c1-2-22-36(35(42)40-38-23-21-28-11-6-7-12-32(28)37)33(29-15-13-27(14-16-29)26-9-4-3-5-10-26)44-34(39-36)30-17-19-31(20-18-30)43-25-8-24-41/h2-7,9-20,33,38,41H,1,8,21-25H2,(H,40,42)/t33-,36-/m0/s1. The SMILES string of the molecule is C=CC[C@]1(C(=O)NNCCc2ccccc2F)N=C(c2ccc(OCCCO)cc2)O[C@H]1c1ccc(-c2ccccc2)cc1. The Hall–Kier alpha value is -4.79. The predicted molar refractivity (Wildman–Crippen MR) is 170 cm³/mol. The number of nitrogens with one attached hydrogen (secondary N) is 2. The number of hydrogen-bond acceptors (Lipinski definition) is 6. The molecular formula is C36H36FN3O4. The number of benzene rings is 4. The summed E-state index contributed by atoms with van der Waals surface area (Å²) in [6, 6.07) is 31.8. The molecule has 0 spiro atoms. The van der Waals surface area contributed by atoms with Crippen molar-refractivity contribution in [1.82, 2.24) is 10.9 Å². The van der Waals surface area contributed by atoms with Crippen molar-refractivity contribution < 1.29 is 23.8 Å². The molecule has 4 aromatic rings.